The van der Waals surface area contributed by atoms with E-state index in [1.54, 1.807) is 6.92 Å². The van der Waals surface area contributed by atoms with Crippen molar-refractivity contribution < 1.29 is 9.53 Å². The van der Waals surface area contributed by atoms with Crippen LogP contribution in [0.3, 0.4) is 0 Å². The van der Waals surface area contributed by atoms with Crippen molar-refractivity contribution in [1.29, 1.82) is 0 Å². The summed E-state index contributed by atoms with van der Waals surface area (Å²) in [6.07, 6.45) is 20.4. The fourth-order valence-electron chi connectivity index (χ4n) is 2.91. The Morgan fingerprint density at radius 2 is 1.04 bits per heavy atom. The molecule has 0 amide bonds. The van der Waals surface area contributed by atoms with E-state index in [0.29, 0.717) is 6.42 Å². The molecule has 0 saturated carbocycles. The predicted octanol–water partition coefficient (Wildman–Crippen LogP) is 8.11. The van der Waals surface area contributed by atoms with E-state index in [9.17, 15) is 4.79 Å². The molecule has 5 heteroatoms. The molecule has 0 aromatic carbocycles. The van der Waals surface area contributed by atoms with Gasteiger partial charge < -0.3 is 4.74 Å². The minimum absolute atomic E-state index is 0.197. The van der Waals surface area contributed by atoms with Gasteiger partial charge in [0.05, 0.1) is 0 Å². The monoisotopic (exact) mass is 526 g/mol. The normalized spacial score (nSPS) is 11.0. The third-order valence-electron chi connectivity index (χ3n) is 4.29. The van der Waals surface area contributed by atoms with Crippen LogP contribution in [0.2, 0.25) is 9.88 Å². The van der Waals surface area contributed by atoms with Crippen LogP contribution in [0.4, 0.5) is 0 Å². The van der Waals surface area contributed by atoms with Crippen LogP contribution in [0.5, 0.6) is 0 Å². The summed E-state index contributed by atoms with van der Waals surface area (Å²) in [6.45, 7) is 3.93. The van der Waals surface area contributed by atoms with Crippen molar-refractivity contribution in [2.24, 2.45) is 0 Å². The third kappa shape index (κ3) is 31.9. The van der Waals surface area contributed by atoms with Gasteiger partial charge in [0.1, 0.15) is 0 Å². The van der Waals surface area contributed by atoms with Crippen molar-refractivity contribution in [2.75, 3.05) is 0 Å². The number of carbonyl (C=O) groups is 1. The second-order valence-corrected chi connectivity index (χ2v) is 12.5. The Morgan fingerprint density at radius 3 is 1.33 bits per heavy atom. The van der Waals surface area contributed by atoms with Crippen LogP contribution in [-0.2, 0) is 9.53 Å². The van der Waals surface area contributed by atoms with E-state index in [0.717, 1.165) is 12.8 Å². The molecule has 162 valence electrons. The minimum atomic E-state index is -0.952. The Labute approximate surface area is 191 Å². The predicted molar refractivity (Wildman–Crippen MR) is 129 cm³/mol. The molecule has 2 radical (unpaired) electrons. The van der Waals surface area contributed by atoms with Gasteiger partial charge in [0.25, 0.3) is 0 Å². The number of hydrogen-bond donors (Lipinski definition) is 2. The van der Waals surface area contributed by atoms with Crippen LogP contribution in [0.15, 0.2) is 0 Å². The van der Waals surface area contributed by atoms with E-state index >= 15 is 0 Å². The molecule has 0 unspecified atom stereocenters. The molecule has 0 N–H and O–H groups in total. The van der Waals surface area contributed by atoms with Crippen molar-refractivity contribution in [3.63, 3.8) is 0 Å². The molecule has 0 saturated heterocycles. The zero-order chi connectivity index (χ0) is 20.8. The molecule has 0 aromatic rings. The van der Waals surface area contributed by atoms with E-state index in [2.05, 4.69) is 42.1 Å². The molecular formula is C22H46O2S2Sn. The van der Waals surface area contributed by atoms with Gasteiger partial charge in [0, 0.05) is 6.42 Å². The van der Waals surface area contributed by atoms with Crippen LogP contribution in [0.25, 0.3) is 0 Å². The van der Waals surface area contributed by atoms with Crippen molar-refractivity contribution in [2.45, 2.75) is 131 Å². The maximum absolute atomic E-state index is 11.5. The molecule has 0 bridgehead atoms. The number of rotatable bonds is 17. The van der Waals surface area contributed by atoms with E-state index in [1.165, 1.54) is 83.5 Å². The summed E-state index contributed by atoms with van der Waals surface area (Å²) in [6, 6.07) is 0. The van der Waals surface area contributed by atoms with Gasteiger partial charge in [-0.3, -0.25) is 4.79 Å². The summed E-state index contributed by atoms with van der Waals surface area (Å²) >= 11 is 8.36. The number of thiol groups is 2. The number of unbranched alkanes of at least 4 members (excludes halogenated alkanes) is 14. The Morgan fingerprint density at radius 1 is 0.741 bits per heavy atom. The van der Waals surface area contributed by atoms with Gasteiger partial charge in [-0.25, -0.2) is 0 Å². The van der Waals surface area contributed by atoms with Crippen LogP contribution in [-0.4, -0.2) is 31.4 Å². The van der Waals surface area contributed by atoms with E-state index in [-0.39, 0.29) is 27.1 Å². The quantitative estimate of drug-likeness (QED) is 0.0660. The van der Waals surface area contributed by atoms with Crippen molar-refractivity contribution in [3.05, 3.63) is 0 Å². The second kappa shape index (κ2) is 23.2. The van der Waals surface area contributed by atoms with Gasteiger partial charge in [-0.05, 0) is 13.3 Å². The van der Waals surface area contributed by atoms with Crippen molar-refractivity contribution in [3.8, 4) is 0 Å². The van der Waals surface area contributed by atoms with Crippen LogP contribution in [0, 0.1) is 0 Å². The van der Waals surface area contributed by atoms with Crippen molar-refractivity contribution >= 4 is 52.4 Å². The molecule has 0 aliphatic rings. The average Bonchev–Trinajstić information content (AvgIpc) is 2.57. The molecule has 0 heterocycles. The molecule has 0 aliphatic carbocycles. The van der Waals surface area contributed by atoms with Crippen LogP contribution in [0.1, 0.15) is 117 Å². The third-order valence-corrected chi connectivity index (χ3v) is 4.47. The Hall–Kier alpha value is 0.969. The fourth-order valence-corrected chi connectivity index (χ4v) is 3.11. The molecule has 0 aromatic heterocycles. The Kier molecular flexibility index (Phi) is 26.0. The van der Waals surface area contributed by atoms with Crippen molar-refractivity contribution in [1.82, 2.24) is 0 Å². The maximum atomic E-state index is 11.5. The zero-order valence-electron chi connectivity index (χ0n) is 18.5. The Balaban J connectivity index is 0. The fraction of sp³-hybridized carbons (Fsp3) is 0.955. The Bertz CT molecular complexity index is 307. The summed E-state index contributed by atoms with van der Waals surface area (Å²) in [5.74, 6) is -0.197. The first-order chi connectivity index (χ1) is 12.9. The zero-order valence-corrected chi connectivity index (χ0v) is 23.2. The van der Waals surface area contributed by atoms with Crippen LogP contribution >= 0.6 is 25.3 Å². The van der Waals surface area contributed by atoms with E-state index < -0.39 is 4.27 Å². The molecule has 0 fully saturated rings. The molecule has 0 atom stereocenters. The molecule has 0 rings (SSSR count). The van der Waals surface area contributed by atoms with Crippen LogP contribution < -0.4 is 0 Å². The number of hydrogen-bond acceptors (Lipinski definition) is 4. The summed E-state index contributed by atoms with van der Waals surface area (Å²) in [5.41, 5.74) is 0. The van der Waals surface area contributed by atoms with Gasteiger partial charge in [-0.1, -0.05) is 96.8 Å². The van der Waals surface area contributed by atoms with E-state index in [4.69, 9.17) is 4.74 Å². The van der Waals surface area contributed by atoms with E-state index in [1.807, 2.05) is 0 Å². The molecule has 0 spiro atoms. The van der Waals surface area contributed by atoms with Gasteiger partial charge in [0.15, 0.2) is 4.27 Å². The summed E-state index contributed by atoms with van der Waals surface area (Å²) < 4.78 is 4.09. The topological polar surface area (TPSA) is 26.3 Å². The first kappa shape index (κ1) is 30.2. The average molecular weight is 525 g/mol. The second-order valence-electron chi connectivity index (χ2n) is 7.61. The van der Waals surface area contributed by atoms with Gasteiger partial charge in [0.2, 0.25) is 0 Å². The summed E-state index contributed by atoms with van der Waals surface area (Å²) in [5, 5.41) is 0. The number of esters is 1. The summed E-state index contributed by atoms with van der Waals surface area (Å²) in [4.78, 5) is 16.1. The summed E-state index contributed by atoms with van der Waals surface area (Å²) in [7, 11) is 0. The molecule has 27 heavy (non-hydrogen) atoms. The van der Waals surface area contributed by atoms with Gasteiger partial charge in [-0.15, -0.1) is 25.3 Å². The molecule has 2 nitrogen and oxygen atoms in total. The SMILES string of the molecule is CCCCCCCCCCCCCCCCCC(=O)OC(C)(S)S.[CH3][Sn][CH3]. The van der Waals surface area contributed by atoms with Gasteiger partial charge >= 0.3 is 37.0 Å². The van der Waals surface area contributed by atoms with Gasteiger partial charge in [-0.2, -0.15) is 0 Å². The first-order valence-corrected chi connectivity index (χ1v) is 17.7. The first-order valence-electron chi connectivity index (χ1n) is 11.1. The molecule has 0 aliphatic heterocycles. The standard InChI is InChI=1S/C20H40O2S2.2CH3.Sn/c1-3-4-5-6-7-8-9-10-11-12-13-14-15-16-17-18-19(21)22-20(2,23)24;;;/h23-24H,3-18H2,1-2H3;2*1H3;. The number of carbonyl (C=O) groups excluding carboxylic acids is 1. The molecular weight excluding hydrogens is 479 g/mol. The number of ether oxygens (including phenoxy) is 1.